The summed E-state index contributed by atoms with van der Waals surface area (Å²) >= 11 is 0. The number of methoxy groups -OCH3 is 1. The summed E-state index contributed by atoms with van der Waals surface area (Å²) in [6, 6.07) is 11.3. The van der Waals surface area contributed by atoms with Gasteiger partial charge in [0.05, 0.1) is 13.7 Å². The Labute approximate surface area is 147 Å². The van der Waals surface area contributed by atoms with Gasteiger partial charge in [0.2, 0.25) is 0 Å². The molecule has 0 aliphatic carbocycles. The number of carbonyl (C=O) groups excluding carboxylic acids is 1. The molecule has 132 valence electrons. The molecule has 0 fully saturated rings. The minimum Gasteiger partial charge on any atom is -0.496 e. The Morgan fingerprint density at radius 2 is 2.00 bits per heavy atom. The van der Waals surface area contributed by atoms with Crippen molar-refractivity contribution in [2.45, 2.75) is 32.8 Å². The van der Waals surface area contributed by atoms with Gasteiger partial charge in [-0.2, -0.15) is 0 Å². The predicted molar refractivity (Wildman–Crippen MR) is 93.6 cm³/mol. The van der Waals surface area contributed by atoms with Gasteiger partial charge in [-0.05, 0) is 43.5 Å². The van der Waals surface area contributed by atoms with E-state index in [4.69, 9.17) is 18.9 Å². The average molecular weight is 342 g/mol. The summed E-state index contributed by atoms with van der Waals surface area (Å²) in [4.78, 5) is 11.1. The van der Waals surface area contributed by atoms with E-state index in [1.165, 1.54) is 6.92 Å². The van der Waals surface area contributed by atoms with Crippen LogP contribution in [0.1, 0.15) is 37.5 Å². The van der Waals surface area contributed by atoms with Gasteiger partial charge in [-0.1, -0.05) is 6.07 Å². The first-order valence-electron chi connectivity index (χ1n) is 8.39. The van der Waals surface area contributed by atoms with Crippen molar-refractivity contribution in [1.29, 1.82) is 0 Å². The number of rotatable bonds is 5. The first kappa shape index (κ1) is 17.1. The van der Waals surface area contributed by atoms with Crippen molar-refractivity contribution in [2.24, 2.45) is 0 Å². The molecule has 3 rings (SSSR count). The normalized spacial score (nSPS) is 15.7. The molecule has 0 amide bonds. The average Bonchev–Trinajstić information content (AvgIpc) is 2.60. The maximum Gasteiger partial charge on any atom is 0.308 e. The molecule has 0 spiro atoms. The van der Waals surface area contributed by atoms with Crippen molar-refractivity contribution < 1.29 is 23.7 Å². The molecule has 0 radical (unpaired) electrons. The molecule has 2 aromatic carbocycles. The summed E-state index contributed by atoms with van der Waals surface area (Å²) in [6.07, 6.45) is 1.62. The first-order valence-corrected chi connectivity index (χ1v) is 8.39. The number of fused-ring (bicyclic) bond motifs is 1. The lowest BCUT2D eigenvalue weighted by atomic mass is 9.96. The van der Waals surface area contributed by atoms with Gasteiger partial charge >= 0.3 is 5.97 Å². The summed E-state index contributed by atoms with van der Waals surface area (Å²) in [5, 5.41) is 0. The van der Waals surface area contributed by atoms with E-state index in [-0.39, 0.29) is 12.1 Å². The van der Waals surface area contributed by atoms with E-state index in [1.54, 1.807) is 19.2 Å². The molecule has 5 nitrogen and oxygen atoms in total. The van der Waals surface area contributed by atoms with E-state index in [9.17, 15) is 4.79 Å². The third-order valence-corrected chi connectivity index (χ3v) is 4.11. The van der Waals surface area contributed by atoms with Gasteiger partial charge in [0.15, 0.2) is 0 Å². The van der Waals surface area contributed by atoms with Gasteiger partial charge in [0, 0.05) is 24.6 Å². The SMILES string of the molecule is CCOc1ccc(C2CCc3ccc(OC(C)=O)cc3O2)c(OC)c1. The van der Waals surface area contributed by atoms with Crippen LogP contribution >= 0.6 is 0 Å². The number of aryl methyl sites for hydroxylation is 1. The molecule has 1 aliphatic heterocycles. The maximum atomic E-state index is 11.1. The van der Waals surface area contributed by atoms with Gasteiger partial charge in [0.1, 0.15) is 29.1 Å². The summed E-state index contributed by atoms with van der Waals surface area (Å²) in [5.41, 5.74) is 2.09. The number of hydrogen-bond acceptors (Lipinski definition) is 5. The van der Waals surface area contributed by atoms with Crippen molar-refractivity contribution >= 4 is 5.97 Å². The Kier molecular flexibility index (Phi) is 5.12. The molecule has 0 aromatic heterocycles. The highest BCUT2D eigenvalue weighted by Gasteiger charge is 2.25. The van der Waals surface area contributed by atoms with E-state index < -0.39 is 0 Å². The summed E-state index contributed by atoms with van der Waals surface area (Å²) in [7, 11) is 1.64. The van der Waals surface area contributed by atoms with Crippen molar-refractivity contribution in [2.75, 3.05) is 13.7 Å². The van der Waals surface area contributed by atoms with E-state index in [0.29, 0.717) is 12.4 Å². The molecule has 1 heterocycles. The first-order chi connectivity index (χ1) is 12.1. The van der Waals surface area contributed by atoms with Crippen LogP contribution in [0.5, 0.6) is 23.0 Å². The topological polar surface area (TPSA) is 54.0 Å². The lowest BCUT2D eigenvalue weighted by molar-refractivity contribution is -0.131. The quantitative estimate of drug-likeness (QED) is 0.605. The van der Waals surface area contributed by atoms with E-state index in [1.807, 2.05) is 31.2 Å². The Hall–Kier alpha value is -2.69. The molecule has 1 aliphatic rings. The van der Waals surface area contributed by atoms with Crippen LogP contribution in [-0.2, 0) is 11.2 Å². The highest BCUT2D eigenvalue weighted by atomic mass is 16.5. The van der Waals surface area contributed by atoms with Crippen LogP contribution < -0.4 is 18.9 Å². The zero-order valence-corrected chi connectivity index (χ0v) is 14.7. The van der Waals surface area contributed by atoms with Crippen LogP contribution in [0.4, 0.5) is 0 Å². The van der Waals surface area contributed by atoms with Crippen LogP contribution in [0.3, 0.4) is 0 Å². The second-order valence-corrected chi connectivity index (χ2v) is 5.85. The summed E-state index contributed by atoms with van der Waals surface area (Å²) < 4.78 is 22.4. The molecule has 25 heavy (non-hydrogen) atoms. The monoisotopic (exact) mass is 342 g/mol. The molecular weight excluding hydrogens is 320 g/mol. The van der Waals surface area contributed by atoms with Crippen molar-refractivity contribution in [3.63, 3.8) is 0 Å². The number of carbonyl (C=O) groups is 1. The van der Waals surface area contributed by atoms with E-state index in [0.717, 1.165) is 41.2 Å². The number of ether oxygens (including phenoxy) is 4. The number of hydrogen-bond donors (Lipinski definition) is 0. The fourth-order valence-electron chi connectivity index (χ4n) is 3.01. The highest BCUT2D eigenvalue weighted by Crippen LogP contribution is 2.40. The molecule has 0 N–H and O–H groups in total. The molecule has 0 bridgehead atoms. The zero-order chi connectivity index (χ0) is 17.8. The third-order valence-electron chi connectivity index (χ3n) is 4.11. The molecular formula is C20H22O5. The second kappa shape index (κ2) is 7.47. The minimum atomic E-state index is -0.347. The van der Waals surface area contributed by atoms with Crippen LogP contribution in [-0.4, -0.2) is 19.7 Å². The van der Waals surface area contributed by atoms with Gasteiger partial charge in [-0.25, -0.2) is 0 Å². The lowest BCUT2D eigenvalue weighted by Gasteiger charge is -2.28. The van der Waals surface area contributed by atoms with E-state index >= 15 is 0 Å². The van der Waals surface area contributed by atoms with Crippen molar-refractivity contribution in [1.82, 2.24) is 0 Å². The highest BCUT2D eigenvalue weighted by molar-refractivity contribution is 5.69. The fourth-order valence-corrected chi connectivity index (χ4v) is 3.01. The van der Waals surface area contributed by atoms with Crippen molar-refractivity contribution in [3.05, 3.63) is 47.5 Å². The molecule has 0 saturated heterocycles. The number of benzene rings is 2. The molecule has 1 unspecified atom stereocenters. The molecule has 0 saturated carbocycles. The smallest absolute Gasteiger partial charge is 0.308 e. The van der Waals surface area contributed by atoms with E-state index in [2.05, 4.69) is 0 Å². The predicted octanol–water partition coefficient (Wildman–Crippen LogP) is 4.09. The van der Waals surface area contributed by atoms with Crippen molar-refractivity contribution in [3.8, 4) is 23.0 Å². The van der Waals surface area contributed by atoms with Gasteiger partial charge in [0.25, 0.3) is 0 Å². The van der Waals surface area contributed by atoms with Crippen LogP contribution in [0.25, 0.3) is 0 Å². The molecule has 1 atom stereocenters. The third kappa shape index (κ3) is 3.87. The Bertz CT molecular complexity index is 769. The van der Waals surface area contributed by atoms with Crippen LogP contribution in [0.2, 0.25) is 0 Å². The van der Waals surface area contributed by atoms with Crippen LogP contribution in [0.15, 0.2) is 36.4 Å². The standard InChI is InChI=1S/C20H22O5/c1-4-23-15-8-9-17(20(11-15)22-3)18-10-6-14-5-7-16(24-13(2)21)12-19(14)25-18/h5,7-9,11-12,18H,4,6,10H2,1-3H3. The minimum absolute atomic E-state index is 0.120. The molecule has 2 aromatic rings. The maximum absolute atomic E-state index is 11.1. The lowest BCUT2D eigenvalue weighted by Crippen LogP contribution is -2.16. The zero-order valence-electron chi connectivity index (χ0n) is 14.7. The Morgan fingerprint density at radius 3 is 2.72 bits per heavy atom. The summed E-state index contributed by atoms with van der Waals surface area (Å²) in [6.45, 7) is 3.94. The van der Waals surface area contributed by atoms with Gasteiger partial charge in [-0.3, -0.25) is 4.79 Å². The van der Waals surface area contributed by atoms with Crippen LogP contribution in [0, 0.1) is 0 Å². The summed E-state index contributed by atoms with van der Waals surface area (Å²) in [5.74, 6) is 2.41. The Balaban J connectivity index is 1.85. The van der Waals surface area contributed by atoms with Gasteiger partial charge < -0.3 is 18.9 Å². The largest absolute Gasteiger partial charge is 0.496 e. The Morgan fingerprint density at radius 1 is 1.20 bits per heavy atom. The molecule has 5 heteroatoms. The second-order valence-electron chi connectivity index (χ2n) is 5.85. The fraction of sp³-hybridized carbons (Fsp3) is 0.350. The number of esters is 1. The van der Waals surface area contributed by atoms with Gasteiger partial charge in [-0.15, -0.1) is 0 Å².